The standard InChI is InChI=1S/C20H27FN2O3/c1-14(24)26-19-13-22(2)10-9-18(19)23-11-7-16(8-12-23)20(25)15-3-5-17(21)6-4-15/h3-6,16,18-19H,7-13H2,1-2H3. The summed E-state index contributed by atoms with van der Waals surface area (Å²) >= 11 is 0. The summed E-state index contributed by atoms with van der Waals surface area (Å²) in [5.41, 5.74) is 0.585. The van der Waals surface area contributed by atoms with Gasteiger partial charge in [0.15, 0.2) is 5.78 Å². The lowest BCUT2D eigenvalue weighted by atomic mass is 9.87. The maximum Gasteiger partial charge on any atom is 0.303 e. The predicted molar refractivity (Wildman–Crippen MR) is 96.5 cm³/mol. The molecule has 0 bridgehead atoms. The summed E-state index contributed by atoms with van der Waals surface area (Å²) in [7, 11) is 2.04. The van der Waals surface area contributed by atoms with E-state index in [-0.39, 0.29) is 35.6 Å². The van der Waals surface area contributed by atoms with E-state index in [9.17, 15) is 14.0 Å². The van der Waals surface area contributed by atoms with Crippen LogP contribution in [0.15, 0.2) is 24.3 Å². The van der Waals surface area contributed by atoms with E-state index in [1.807, 2.05) is 7.05 Å². The number of hydrogen-bond donors (Lipinski definition) is 0. The molecule has 0 N–H and O–H groups in total. The molecule has 2 heterocycles. The second kappa shape index (κ2) is 8.27. The SMILES string of the molecule is CC(=O)OC1CN(C)CCC1N1CCC(C(=O)c2ccc(F)cc2)CC1. The van der Waals surface area contributed by atoms with E-state index in [1.165, 1.54) is 19.1 Å². The molecule has 0 radical (unpaired) electrons. The summed E-state index contributed by atoms with van der Waals surface area (Å²) < 4.78 is 18.6. The summed E-state index contributed by atoms with van der Waals surface area (Å²) in [6, 6.07) is 6.03. The summed E-state index contributed by atoms with van der Waals surface area (Å²) in [5.74, 6) is -0.480. The van der Waals surface area contributed by atoms with Crippen LogP contribution in [0.5, 0.6) is 0 Å². The molecule has 2 saturated heterocycles. The van der Waals surface area contributed by atoms with Crippen LogP contribution in [0, 0.1) is 11.7 Å². The molecule has 2 aliphatic rings. The normalized spacial score (nSPS) is 25.8. The second-order valence-electron chi connectivity index (χ2n) is 7.45. The zero-order valence-electron chi connectivity index (χ0n) is 15.5. The van der Waals surface area contributed by atoms with Gasteiger partial charge in [0.2, 0.25) is 0 Å². The molecule has 6 heteroatoms. The van der Waals surface area contributed by atoms with Gasteiger partial charge >= 0.3 is 5.97 Å². The number of benzene rings is 1. The van der Waals surface area contributed by atoms with E-state index in [4.69, 9.17) is 4.74 Å². The largest absolute Gasteiger partial charge is 0.460 e. The number of rotatable bonds is 4. The Kier molecular flexibility index (Phi) is 6.04. The molecule has 2 fully saturated rings. The summed E-state index contributed by atoms with van der Waals surface area (Å²) in [6.07, 6.45) is 2.42. The van der Waals surface area contributed by atoms with E-state index in [0.29, 0.717) is 5.56 Å². The predicted octanol–water partition coefficient (Wildman–Crippen LogP) is 2.36. The van der Waals surface area contributed by atoms with Crippen LogP contribution < -0.4 is 0 Å². The van der Waals surface area contributed by atoms with Crippen molar-refractivity contribution in [1.82, 2.24) is 9.80 Å². The van der Waals surface area contributed by atoms with Gasteiger partial charge in [-0.05, 0) is 70.2 Å². The third-order valence-corrected chi connectivity index (χ3v) is 5.54. The lowest BCUT2D eigenvalue weighted by Gasteiger charge is -2.44. The highest BCUT2D eigenvalue weighted by Crippen LogP contribution is 2.27. The Morgan fingerprint density at radius 1 is 1.08 bits per heavy atom. The van der Waals surface area contributed by atoms with Gasteiger partial charge in [-0.2, -0.15) is 0 Å². The Morgan fingerprint density at radius 2 is 1.73 bits per heavy atom. The quantitative estimate of drug-likeness (QED) is 0.608. The number of ether oxygens (including phenoxy) is 1. The van der Waals surface area contributed by atoms with Gasteiger partial charge in [-0.1, -0.05) is 0 Å². The first-order valence-corrected chi connectivity index (χ1v) is 9.33. The van der Waals surface area contributed by atoms with E-state index in [2.05, 4.69) is 9.80 Å². The van der Waals surface area contributed by atoms with Gasteiger partial charge in [0, 0.05) is 31.0 Å². The molecule has 0 spiro atoms. The number of ketones is 1. The van der Waals surface area contributed by atoms with Crippen LogP contribution >= 0.6 is 0 Å². The highest BCUT2D eigenvalue weighted by Gasteiger charge is 2.37. The smallest absolute Gasteiger partial charge is 0.303 e. The van der Waals surface area contributed by atoms with E-state index < -0.39 is 0 Å². The van der Waals surface area contributed by atoms with E-state index in [0.717, 1.165) is 45.4 Å². The van der Waals surface area contributed by atoms with E-state index in [1.54, 1.807) is 12.1 Å². The topological polar surface area (TPSA) is 49.9 Å². The molecule has 0 saturated carbocycles. The highest BCUT2D eigenvalue weighted by molar-refractivity contribution is 5.97. The van der Waals surface area contributed by atoms with Crippen LogP contribution in [0.1, 0.15) is 36.5 Å². The van der Waals surface area contributed by atoms with Crippen LogP contribution in [-0.4, -0.2) is 66.9 Å². The fraction of sp³-hybridized carbons (Fsp3) is 0.600. The van der Waals surface area contributed by atoms with Crippen LogP contribution in [0.3, 0.4) is 0 Å². The molecule has 3 rings (SSSR count). The Balaban J connectivity index is 1.59. The minimum absolute atomic E-state index is 0.0184. The number of carbonyl (C=O) groups is 2. The van der Waals surface area contributed by atoms with Gasteiger partial charge in [-0.3, -0.25) is 14.5 Å². The Labute approximate surface area is 154 Å². The van der Waals surface area contributed by atoms with Crippen molar-refractivity contribution in [3.63, 3.8) is 0 Å². The molecule has 2 aliphatic heterocycles. The molecule has 5 nitrogen and oxygen atoms in total. The number of nitrogens with zero attached hydrogens (tertiary/aromatic N) is 2. The molecule has 0 amide bonds. The lowest BCUT2D eigenvalue weighted by molar-refractivity contribution is -0.153. The van der Waals surface area contributed by atoms with Gasteiger partial charge in [0.05, 0.1) is 0 Å². The number of likely N-dealkylation sites (N-methyl/N-ethyl adjacent to an activating group) is 1. The number of esters is 1. The Morgan fingerprint density at radius 3 is 2.35 bits per heavy atom. The average Bonchev–Trinajstić information content (AvgIpc) is 2.62. The minimum Gasteiger partial charge on any atom is -0.460 e. The molecule has 1 aromatic carbocycles. The van der Waals surface area contributed by atoms with Crippen molar-refractivity contribution >= 4 is 11.8 Å². The number of carbonyl (C=O) groups excluding carboxylic acids is 2. The maximum atomic E-state index is 13.0. The molecule has 1 aromatic rings. The second-order valence-corrected chi connectivity index (χ2v) is 7.45. The van der Waals surface area contributed by atoms with Crippen molar-refractivity contribution in [3.05, 3.63) is 35.6 Å². The number of halogens is 1. The third kappa shape index (κ3) is 4.48. The zero-order valence-corrected chi connectivity index (χ0v) is 15.5. The number of Topliss-reactive ketones (excluding diaryl/α,β-unsaturated/α-hetero) is 1. The van der Waals surface area contributed by atoms with Gasteiger partial charge in [0.25, 0.3) is 0 Å². The number of piperidine rings is 2. The van der Waals surface area contributed by atoms with Crippen LogP contribution in [0.2, 0.25) is 0 Å². The maximum absolute atomic E-state index is 13.0. The first kappa shape index (κ1) is 19.0. The molecule has 2 atom stereocenters. The lowest BCUT2D eigenvalue weighted by Crippen LogP contribution is -2.56. The number of hydrogen-bond acceptors (Lipinski definition) is 5. The van der Waals surface area contributed by atoms with Gasteiger partial charge in [-0.25, -0.2) is 4.39 Å². The van der Waals surface area contributed by atoms with Crippen LogP contribution in [0.25, 0.3) is 0 Å². The third-order valence-electron chi connectivity index (χ3n) is 5.54. The van der Waals surface area contributed by atoms with Crippen molar-refractivity contribution in [2.24, 2.45) is 5.92 Å². The summed E-state index contributed by atoms with van der Waals surface area (Å²) in [6.45, 7) is 4.84. The zero-order chi connectivity index (χ0) is 18.7. The van der Waals surface area contributed by atoms with E-state index >= 15 is 0 Å². The molecule has 26 heavy (non-hydrogen) atoms. The van der Waals surface area contributed by atoms with Crippen LogP contribution in [0.4, 0.5) is 4.39 Å². The average molecular weight is 362 g/mol. The summed E-state index contributed by atoms with van der Waals surface area (Å²) in [5, 5.41) is 0. The summed E-state index contributed by atoms with van der Waals surface area (Å²) in [4.78, 5) is 28.6. The first-order chi connectivity index (χ1) is 12.4. The first-order valence-electron chi connectivity index (χ1n) is 9.33. The van der Waals surface area contributed by atoms with Crippen molar-refractivity contribution in [3.8, 4) is 0 Å². The molecule has 142 valence electrons. The fourth-order valence-electron chi connectivity index (χ4n) is 4.15. The fourth-order valence-corrected chi connectivity index (χ4v) is 4.15. The monoisotopic (exact) mass is 362 g/mol. The molecular weight excluding hydrogens is 335 g/mol. The highest BCUT2D eigenvalue weighted by atomic mass is 19.1. The van der Waals surface area contributed by atoms with Gasteiger partial charge in [-0.15, -0.1) is 0 Å². The van der Waals surface area contributed by atoms with Crippen molar-refractivity contribution < 1.29 is 18.7 Å². The van der Waals surface area contributed by atoms with Crippen LogP contribution in [-0.2, 0) is 9.53 Å². The minimum atomic E-state index is -0.324. The Bertz CT molecular complexity index is 641. The van der Waals surface area contributed by atoms with Gasteiger partial charge in [0.1, 0.15) is 11.9 Å². The van der Waals surface area contributed by atoms with Crippen molar-refractivity contribution in [2.75, 3.05) is 33.2 Å². The molecule has 0 aromatic heterocycles. The van der Waals surface area contributed by atoms with Crippen molar-refractivity contribution in [2.45, 2.75) is 38.3 Å². The number of likely N-dealkylation sites (tertiary alicyclic amines) is 2. The Hall–Kier alpha value is -1.79. The van der Waals surface area contributed by atoms with Crippen molar-refractivity contribution in [1.29, 1.82) is 0 Å². The van der Waals surface area contributed by atoms with Gasteiger partial charge < -0.3 is 9.64 Å². The molecule has 0 aliphatic carbocycles. The molecular formula is C20H27FN2O3. The molecule has 2 unspecified atom stereocenters.